The minimum atomic E-state index is 1.11. The summed E-state index contributed by atoms with van der Waals surface area (Å²) in [6.07, 6.45) is 9.11. The maximum atomic E-state index is 4.34. The van der Waals surface area contributed by atoms with E-state index in [1.165, 1.54) is 42.1 Å². The minimum Gasteiger partial charge on any atom is -0.373 e. The highest BCUT2D eigenvalue weighted by Crippen LogP contribution is 2.24. The quantitative estimate of drug-likeness (QED) is 0.704. The Kier molecular flexibility index (Phi) is 4.57. The first-order valence-electron chi connectivity index (χ1n) is 6.87. The summed E-state index contributed by atoms with van der Waals surface area (Å²) in [4.78, 5) is 6.66. The topological polar surface area (TPSA) is 16.1 Å². The molecule has 0 amide bonds. The molecule has 18 heavy (non-hydrogen) atoms. The Morgan fingerprint density at radius 3 is 2.72 bits per heavy atom. The summed E-state index contributed by atoms with van der Waals surface area (Å²) in [6, 6.07) is 8.46. The van der Waals surface area contributed by atoms with E-state index in [1.54, 1.807) is 0 Å². The van der Waals surface area contributed by atoms with E-state index in [0.717, 1.165) is 6.54 Å². The van der Waals surface area contributed by atoms with E-state index < -0.39 is 0 Å². The van der Waals surface area contributed by atoms with Crippen molar-refractivity contribution in [3.63, 3.8) is 0 Å². The Morgan fingerprint density at radius 2 is 1.89 bits per heavy atom. The third kappa shape index (κ3) is 3.00. The van der Waals surface area contributed by atoms with Gasteiger partial charge in [0, 0.05) is 30.6 Å². The Labute approximate surface area is 110 Å². The lowest BCUT2D eigenvalue weighted by atomic mass is 10.1. The second-order valence-corrected chi connectivity index (χ2v) is 4.86. The summed E-state index contributed by atoms with van der Waals surface area (Å²) >= 11 is 0. The van der Waals surface area contributed by atoms with E-state index in [9.17, 15) is 0 Å². The number of nitrogens with zero attached hydrogens (tertiary/aromatic N) is 2. The fourth-order valence-electron chi connectivity index (χ4n) is 2.30. The van der Waals surface area contributed by atoms with Gasteiger partial charge < -0.3 is 4.90 Å². The lowest BCUT2D eigenvalue weighted by molar-refractivity contribution is 0.661. The highest BCUT2D eigenvalue weighted by Gasteiger charge is 2.05. The highest BCUT2D eigenvalue weighted by molar-refractivity contribution is 5.93. The minimum absolute atomic E-state index is 1.11. The Hall–Kier alpha value is -1.57. The molecule has 2 heteroatoms. The van der Waals surface area contributed by atoms with E-state index in [-0.39, 0.29) is 0 Å². The van der Waals surface area contributed by atoms with E-state index in [1.807, 2.05) is 12.4 Å². The Bertz CT molecular complexity index is 488. The molecule has 1 aromatic carbocycles. The molecule has 2 nitrogen and oxygen atoms in total. The van der Waals surface area contributed by atoms with Crippen LogP contribution in [-0.4, -0.2) is 18.6 Å². The average molecular weight is 242 g/mol. The maximum Gasteiger partial charge on any atom is 0.0629 e. The number of hydrogen-bond acceptors (Lipinski definition) is 2. The van der Waals surface area contributed by atoms with Gasteiger partial charge in [-0.05, 0) is 6.42 Å². The van der Waals surface area contributed by atoms with E-state index in [2.05, 4.69) is 48.1 Å². The first kappa shape index (κ1) is 12.9. The second-order valence-electron chi connectivity index (χ2n) is 4.86. The zero-order chi connectivity index (χ0) is 12.8. The van der Waals surface area contributed by atoms with E-state index in [4.69, 9.17) is 0 Å². The Balaban J connectivity index is 2.10. The third-order valence-corrected chi connectivity index (χ3v) is 3.41. The van der Waals surface area contributed by atoms with Crippen LogP contribution in [0.4, 0.5) is 5.69 Å². The van der Waals surface area contributed by atoms with Crippen LogP contribution in [0.2, 0.25) is 0 Å². The van der Waals surface area contributed by atoms with Gasteiger partial charge in [-0.1, -0.05) is 50.5 Å². The zero-order valence-corrected chi connectivity index (χ0v) is 11.4. The molecule has 0 bridgehead atoms. The fourth-order valence-corrected chi connectivity index (χ4v) is 2.30. The van der Waals surface area contributed by atoms with Gasteiger partial charge in [-0.2, -0.15) is 0 Å². The highest BCUT2D eigenvalue weighted by atomic mass is 15.1. The number of pyridine rings is 1. The van der Waals surface area contributed by atoms with Crippen molar-refractivity contribution in [2.24, 2.45) is 0 Å². The molecule has 96 valence electrons. The lowest BCUT2D eigenvalue weighted by Gasteiger charge is -2.20. The van der Waals surface area contributed by atoms with Gasteiger partial charge in [0.15, 0.2) is 0 Å². The molecule has 0 N–H and O–H groups in total. The molecular weight excluding hydrogens is 220 g/mol. The smallest absolute Gasteiger partial charge is 0.0629 e. The van der Waals surface area contributed by atoms with Gasteiger partial charge in [0.05, 0.1) is 11.9 Å². The van der Waals surface area contributed by atoms with E-state index in [0.29, 0.717) is 0 Å². The van der Waals surface area contributed by atoms with Crippen molar-refractivity contribution in [2.45, 2.75) is 32.6 Å². The maximum absolute atomic E-state index is 4.34. The van der Waals surface area contributed by atoms with Crippen LogP contribution in [0.25, 0.3) is 10.8 Å². The molecular formula is C16H22N2. The predicted octanol–water partition coefficient (Wildman–Crippen LogP) is 4.25. The number of unbranched alkanes of at least 4 members (excludes halogenated alkanes) is 3. The van der Waals surface area contributed by atoms with Gasteiger partial charge in [0.2, 0.25) is 0 Å². The molecule has 0 atom stereocenters. The first-order chi connectivity index (χ1) is 8.83. The van der Waals surface area contributed by atoms with Crippen LogP contribution in [0.1, 0.15) is 32.6 Å². The molecule has 0 aliphatic rings. The largest absolute Gasteiger partial charge is 0.373 e. The van der Waals surface area contributed by atoms with Gasteiger partial charge >= 0.3 is 0 Å². The standard InChI is InChI=1S/C16H22N2/c1-3-4-5-8-11-18(2)16-13-17-12-14-9-6-7-10-15(14)16/h6-7,9-10,12-13H,3-5,8,11H2,1-2H3. The number of hydrogen-bond donors (Lipinski definition) is 0. The molecule has 2 aromatic rings. The van der Waals surface area contributed by atoms with Crippen molar-refractivity contribution in [2.75, 3.05) is 18.5 Å². The summed E-state index contributed by atoms with van der Waals surface area (Å²) in [6.45, 7) is 3.36. The number of anilines is 1. The van der Waals surface area contributed by atoms with Crippen molar-refractivity contribution >= 4 is 16.5 Å². The van der Waals surface area contributed by atoms with E-state index >= 15 is 0 Å². The number of aromatic nitrogens is 1. The molecule has 0 unspecified atom stereocenters. The normalized spacial score (nSPS) is 10.8. The lowest BCUT2D eigenvalue weighted by Crippen LogP contribution is -2.18. The molecule has 1 aromatic heterocycles. The summed E-state index contributed by atoms with van der Waals surface area (Å²) < 4.78 is 0. The molecule has 2 rings (SSSR count). The first-order valence-corrected chi connectivity index (χ1v) is 6.87. The molecule has 0 saturated heterocycles. The number of benzene rings is 1. The van der Waals surface area contributed by atoms with Crippen LogP contribution in [-0.2, 0) is 0 Å². The molecule has 0 saturated carbocycles. The summed E-state index contributed by atoms with van der Waals surface area (Å²) in [5.74, 6) is 0. The summed E-state index contributed by atoms with van der Waals surface area (Å²) in [5.41, 5.74) is 1.24. The third-order valence-electron chi connectivity index (χ3n) is 3.41. The SMILES string of the molecule is CCCCCCN(C)c1cncc2ccccc12. The molecule has 0 aliphatic carbocycles. The van der Waals surface area contributed by atoms with Crippen LogP contribution in [0.5, 0.6) is 0 Å². The monoisotopic (exact) mass is 242 g/mol. The average Bonchev–Trinajstić information content (AvgIpc) is 2.43. The molecule has 0 aliphatic heterocycles. The second kappa shape index (κ2) is 6.39. The van der Waals surface area contributed by atoms with Crippen molar-refractivity contribution in [3.05, 3.63) is 36.7 Å². The van der Waals surface area contributed by atoms with Crippen LogP contribution in [0.15, 0.2) is 36.7 Å². The molecule has 0 radical (unpaired) electrons. The summed E-state index contributed by atoms with van der Waals surface area (Å²) in [7, 11) is 2.16. The zero-order valence-electron chi connectivity index (χ0n) is 11.4. The predicted molar refractivity (Wildman–Crippen MR) is 79.2 cm³/mol. The van der Waals surface area contributed by atoms with Crippen molar-refractivity contribution < 1.29 is 0 Å². The molecule has 0 fully saturated rings. The number of rotatable bonds is 6. The van der Waals surface area contributed by atoms with Crippen LogP contribution >= 0.6 is 0 Å². The van der Waals surface area contributed by atoms with Crippen LogP contribution < -0.4 is 4.90 Å². The van der Waals surface area contributed by atoms with Crippen molar-refractivity contribution in [1.82, 2.24) is 4.98 Å². The fraction of sp³-hybridized carbons (Fsp3) is 0.438. The van der Waals surface area contributed by atoms with Gasteiger partial charge in [0.25, 0.3) is 0 Å². The van der Waals surface area contributed by atoms with Gasteiger partial charge in [-0.25, -0.2) is 0 Å². The van der Waals surface area contributed by atoms with Gasteiger partial charge in [0.1, 0.15) is 0 Å². The van der Waals surface area contributed by atoms with Crippen molar-refractivity contribution in [3.8, 4) is 0 Å². The molecule has 1 heterocycles. The van der Waals surface area contributed by atoms with Gasteiger partial charge in [-0.3, -0.25) is 4.98 Å². The van der Waals surface area contributed by atoms with Crippen LogP contribution in [0, 0.1) is 0 Å². The van der Waals surface area contributed by atoms with Gasteiger partial charge in [-0.15, -0.1) is 0 Å². The van der Waals surface area contributed by atoms with Crippen LogP contribution in [0.3, 0.4) is 0 Å². The molecule has 0 spiro atoms. The number of fused-ring (bicyclic) bond motifs is 1. The van der Waals surface area contributed by atoms with Crippen molar-refractivity contribution in [1.29, 1.82) is 0 Å². The summed E-state index contributed by atoms with van der Waals surface area (Å²) in [5, 5.41) is 2.51. The Morgan fingerprint density at radius 1 is 1.06 bits per heavy atom.